The molecule has 0 heterocycles. The molecule has 7 nitrogen and oxygen atoms in total. The van der Waals surface area contributed by atoms with Gasteiger partial charge in [-0.05, 0) is 49.9 Å². The highest BCUT2D eigenvalue weighted by atomic mass is 16.5. The van der Waals surface area contributed by atoms with E-state index in [1.165, 1.54) is 7.11 Å². The number of rotatable bonds is 6. The largest absolute Gasteiger partial charge is 0.465 e. The van der Waals surface area contributed by atoms with E-state index in [2.05, 4.69) is 10.6 Å². The van der Waals surface area contributed by atoms with Gasteiger partial charge in [-0.3, -0.25) is 4.79 Å². The van der Waals surface area contributed by atoms with Crippen LogP contribution < -0.4 is 10.6 Å². The predicted molar refractivity (Wildman–Crippen MR) is 94.7 cm³/mol. The van der Waals surface area contributed by atoms with Crippen LogP contribution in [-0.2, 0) is 14.3 Å². The van der Waals surface area contributed by atoms with E-state index in [4.69, 9.17) is 9.47 Å². The third-order valence-corrected chi connectivity index (χ3v) is 3.84. The molecule has 0 aliphatic rings. The zero-order valence-corrected chi connectivity index (χ0v) is 15.6. The monoisotopic (exact) mass is 350 g/mol. The van der Waals surface area contributed by atoms with Crippen molar-refractivity contribution in [1.29, 1.82) is 0 Å². The standard InChI is InChI=1S/C18H26N2O5/c1-7-25-18(23)20-15(10(2)3)16(21)19-13-8-11(4)12(5)14(9-13)17(22)24-6/h8-10,15H,7H2,1-6H3,(H,19,21)(H,20,23). The van der Waals surface area contributed by atoms with Crippen molar-refractivity contribution in [2.24, 2.45) is 5.92 Å². The van der Waals surface area contributed by atoms with Crippen LogP contribution in [0.2, 0.25) is 0 Å². The summed E-state index contributed by atoms with van der Waals surface area (Å²) in [5.74, 6) is -1.00. The molecule has 138 valence electrons. The normalized spacial score (nSPS) is 11.6. The summed E-state index contributed by atoms with van der Waals surface area (Å²) in [5.41, 5.74) is 2.48. The molecule has 0 fully saturated rings. The van der Waals surface area contributed by atoms with Gasteiger partial charge in [-0.15, -0.1) is 0 Å². The summed E-state index contributed by atoms with van der Waals surface area (Å²) in [6, 6.07) is 2.57. The number of alkyl carbamates (subject to hydrolysis) is 1. The van der Waals surface area contributed by atoms with Crippen molar-refractivity contribution in [2.75, 3.05) is 19.0 Å². The molecule has 0 aromatic heterocycles. The molecule has 0 bridgehead atoms. The Morgan fingerprint density at radius 2 is 1.80 bits per heavy atom. The Morgan fingerprint density at radius 1 is 1.16 bits per heavy atom. The second-order valence-electron chi connectivity index (χ2n) is 6.03. The fraction of sp³-hybridized carbons (Fsp3) is 0.500. The van der Waals surface area contributed by atoms with Gasteiger partial charge in [0.1, 0.15) is 6.04 Å². The van der Waals surface area contributed by atoms with Crippen molar-refractivity contribution < 1.29 is 23.9 Å². The minimum absolute atomic E-state index is 0.143. The van der Waals surface area contributed by atoms with Gasteiger partial charge >= 0.3 is 12.1 Å². The average Bonchev–Trinajstić information content (AvgIpc) is 2.54. The molecule has 1 unspecified atom stereocenters. The van der Waals surface area contributed by atoms with Gasteiger partial charge in [-0.2, -0.15) is 0 Å². The molecule has 0 aliphatic carbocycles. The molecule has 1 aromatic rings. The summed E-state index contributed by atoms with van der Waals surface area (Å²) >= 11 is 0. The Bertz CT molecular complexity index is 655. The van der Waals surface area contributed by atoms with Gasteiger partial charge in [-0.1, -0.05) is 13.8 Å². The second-order valence-corrected chi connectivity index (χ2v) is 6.03. The zero-order valence-electron chi connectivity index (χ0n) is 15.6. The number of anilines is 1. The minimum Gasteiger partial charge on any atom is -0.465 e. The van der Waals surface area contributed by atoms with Crippen LogP contribution in [0.1, 0.15) is 42.3 Å². The third kappa shape index (κ3) is 5.48. The molecule has 0 saturated heterocycles. The number of esters is 1. The molecule has 2 amide bonds. The van der Waals surface area contributed by atoms with Gasteiger partial charge < -0.3 is 20.1 Å². The maximum atomic E-state index is 12.5. The van der Waals surface area contributed by atoms with Crippen LogP contribution in [0, 0.1) is 19.8 Å². The lowest BCUT2D eigenvalue weighted by Crippen LogP contribution is -2.47. The van der Waals surface area contributed by atoms with E-state index in [0.717, 1.165) is 11.1 Å². The molecular formula is C18H26N2O5. The lowest BCUT2D eigenvalue weighted by Gasteiger charge is -2.21. The van der Waals surface area contributed by atoms with Gasteiger partial charge in [0, 0.05) is 5.69 Å². The number of hydrogen-bond donors (Lipinski definition) is 2. The number of aryl methyl sites for hydroxylation is 1. The van der Waals surface area contributed by atoms with Crippen LogP contribution in [0.4, 0.5) is 10.5 Å². The van der Waals surface area contributed by atoms with E-state index in [1.54, 1.807) is 19.1 Å². The lowest BCUT2D eigenvalue weighted by atomic mass is 10.0. The fourth-order valence-corrected chi connectivity index (χ4v) is 2.31. The van der Waals surface area contributed by atoms with E-state index >= 15 is 0 Å². The number of carbonyl (C=O) groups excluding carboxylic acids is 3. The first-order chi connectivity index (χ1) is 11.7. The van der Waals surface area contributed by atoms with Crippen molar-refractivity contribution in [3.63, 3.8) is 0 Å². The SMILES string of the molecule is CCOC(=O)NC(C(=O)Nc1cc(C)c(C)c(C(=O)OC)c1)C(C)C. The number of hydrogen-bond acceptors (Lipinski definition) is 5. The van der Waals surface area contributed by atoms with Crippen LogP contribution in [0.5, 0.6) is 0 Å². The first-order valence-corrected chi connectivity index (χ1v) is 8.14. The molecule has 0 spiro atoms. The van der Waals surface area contributed by atoms with Gasteiger partial charge in [0.2, 0.25) is 5.91 Å². The van der Waals surface area contributed by atoms with E-state index in [0.29, 0.717) is 11.3 Å². The van der Waals surface area contributed by atoms with Gasteiger partial charge in [0.25, 0.3) is 0 Å². The molecule has 0 saturated carbocycles. The molecular weight excluding hydrogens is 324 g/mol. The summed E-state index contributed by atoms with van der Waals surface area (Å²) < 4.78 is 9.60. The summed E-state index contributed by atoms with van der Waals surface area (Å²) in [5, 5.41) is 5.29. The third-order valence-electron chi connectivity index (χ3n) is 3.84. The fourth-order valence-electron chi connectivity index (χ4n) is 2.31. The molecule has 1 atom stereocenters. The number of carbonyl (C=O) groups is 3. The number of benzene rings is 1. The molecule has 1 rings (SSSR count). The summed E-state index contributed by atoms with van der Waals surface area (Å²) in [4.78, 5) is 36.0. The second kappa shape index (κ2) is 9.05. The van der Waals surface area contributed by atoms with Crippen LogP contribution in [-0.4, -0.2) is 37.7 Å². The van der Waals surface area contributed by atoms with Crippen molar-refractivity contribution in [1.82, 2.24) is 5.32 Å². The molecule has 0 aliphatic heterocycles. The molecule has 0 radical (unpaired) electrons. The first-order valence-electron chi connectivity index (χ1n) is 8.14. The molecule has 2 N–H and O–H groups in total. The van der Waals surface area contributed by atoms with Crippen molar-refractivity contribution in [3.05, 3.63) is 28.8 Å². The van der Waals surface area contributed by atoms with Crippen LogP contribution in [0.15, 0.2) is 12.1 Å². The Morgan fingerprint density at radius 3 is 2.32 bits per heavy atom. The molecule has 25 heavy (non-hydrogen) atoms. The number of nitrogens with one attached hydrogen (secondary N) is 2. The molecule has 1 aromatic carbocycles. The van der Waals surface area contributed by atoms with E-state index in [9.17, 15) is 14.4 Å². The number of methoxy groups -OCH3 is 1. The Hall–Kier alpha value is -2.57. The minimum atomic E-state index is -0.762. The van der Waals surface area contributed by atoms with Crippen molar-refractivity contribution >= 4 is 23.7 Å². The van der Waals surface area contributed by atoms with Crippen LogP contribution >= 0.6 is 0 Å². The van der Waals surface area contributed by atoms with Gasteiger partial charge in [0.05, 0.1) is 19.3 Å². The average molecular weight is 350 g/mol. The highest BCUT2D eigenvalue weighted by Crippen LogP contribution is 2.21. The van der Waals surface area contributed by atoms with Crippen molar-refractivity contribution in [3.8, 4) is 0 Å². The zero-order chi connectivity index (χ0) is 19.1. The summed E-state index contributed by atoms with van der Waals surface area (Å²) in [6.45, 7) is 9.19. The number of ether oxygens (including phenoxy) is 2. The van der Waals surface area contributed by atoms with E-state index in [1.807, 2.05) is 27.7 Å². The lowest BCUT2D eigenvalue weighted by molar-refractivity contribution is -0.119. The smallest absolute Gasteiger partial charge is 0.407 e. The van der Waals surface area contributed by atoms with Gasteiger partial charge in [0.15, 0.2) is 0 Å². The molecule has 7 heteroatoms. The highest BCUT2D eigenvalue weighted by molar-refractivity contribution is 5.99. The maximum Gasteiger partial charge on any atom is 0.407 e. The summed E-state index contributed by atoms with van der Waals surface area (Å²) in [6.07, 6.45) is -0.647. The topological polar surface area (TPSA) is 93.7 Å². The van der Waals surface area contributed by atoms with Crippen LogP contribution in [0.25, 0.3) is 0 Å². The van der Waals surface area contributed by atoms with Crippen LogP contribution in [0.3, 0.4) is 0 Å². The van der Waals surface area contributed by atoms with E-state index in [-0.39, 0.29) is 18.4 Å². The first kappa shape index (κ1) is 20.5. The Labute approximate surface area is 148 Å². The summed E-state index contributed by atoms with van der Waals surface area (Å²) in [7, 11) is 1.31. The maximum absolute atomic E-state index is 12.5. The van der Waals surface area contributed by atoms with E-state index < -0.39 is 18.1 Å². The number of amides is 2. The highest BCUT2D eigenvalue weighted by Gasteiger charge is 2.25. The quantitative estimate of drug-likeness (QED) is 0.770. The van der Waals surface area contributed by atoms with Crippen molar-refractivity contribution in [2.45, 2.75) is 40.7 Å². The Balaban J connectivity index is 3.02. The predicted octanol–water partition coefficient (Wildman–Crippen LogP) is 2.80. The Kier molecular flexibility index (Phi) is 7.42. The van der Waals surface area contributed by atoms with Gasteiger partial charge in [-0.25, -0.2) is 9.59 Å².